The second-order valence-electron chi connectivity index (χ2n) is 8.38. The smallest absolute Gasteiger partial charge is 0.213 e. The lowest BCUT2D eigenvalue weighted by Gasteiger charge is -2.25. The first-order valence-electron chi connectivity index (χ1n) is 10.7. The number of fused-ring (bicyclic) bond motifs is 2. The molecule has 29 heavy (non-hydrogen) atoms. The molecule has 0 radical (unpaired) electrons. The molecular weight excluding hydrogens is 352 g/mol. The van der Waals surface area contributed by atoms with Crippen LogP contribution in [0.5, 0.6) is 0 Å². The molecule has 0 aliphatic carbocycles. The van der Waals surface area contributed by atoms with Crippen molar-refractivity contribution in [1.82, 2.24) is 0 Å². The van der Waals surface area contributed by atoms with E-state index in [2.05, 4.69) is 117 Å². The fraction of sp³-hybridized carbons (Fsp3) is 0.296. The Morgan fingerprint density at radius 3 is 2.59 bits per heavy atom. The molecule has 0 spiro atoms. The molecule has 1 aliphatic heterocycles. The van der Waals surface area contributed by atoms with Crippen LogP contribution >= 0.6 is 0 Å². The van der Waals surface area contributed by atoms with Crippen molar-refractivity contribution in [2.45, 2.75) is 46.6 Å². The van der Waals surface area contributed by atoms with E-state index in [-0.39, 0.29) is 5.41 Å². The van der Waals surface area contributed by atoms with E-state index in [9.17, 15) is 0 Å². The van der Waals surface area contributed by atoms with Gasteiger partial charge in [-0.25, -0.2) is 0 Å². The van der Waals surface area contributed by atoms with Gasteiger partial charge in [0.2, 0.25) is 5.52 Å². The monoisotopic (exact) mass is 383 g/mol. The molecule has 3 aromatic rings. The van der Waals surface area contributed by atoms with Gasteiger partial charge in [-0.3, -0.25) is 0 Å². The highest BCUT2D eigenvalue weighted by atomic mass is 15.2. The lowest BCUT2D eigenvalue weighted by molar-refractivity contribution is -0.667. The van der Waals surface area contributed by atoms with E-state index in [1.54, 1.807) is 0 Å². The van der Waals surface area contributed by atoms with Crippen LogP contribution in [0.1, 0.15) is 44.4 Å². The molecule has 0 atom stereocenters. The van der Waals surface area contributed by atoms with Crippen molar-refractivity contribution < 1.29 is 4.57 Å². The van der Waals surface area contributed by atoms with Crippen molar-refractivity contribution in [3.8, 4) is 0 Å². The van der Waals surface area contributed by atoms with Gasteiger partial charge in [0.25, 0.3) is 0 Å². The summed E-state index contributed by atoms with van der Waals surface area (Å²) in [5, 5.41) is 1.29. The number of aromatic nitrogens is 1. The maximum absolute atomic E-state index is 2.45. The van der Waals surface area contributed by atoms with E-state index in [4.69, 9.17) is 0 Å². The van der Waals surface area contributed by atoms with Crippen molar-refractivity contribution in [3.63, 3.8) is 0 Å². The third-order valence-corrected chi connectivity index (χ3v) is 6.19. The largest absolute Gasteiger partial charge is 0.344 e. The van der Waals surface area contributed by atoms with Gasteiger partial charge in [0.1, 0.15) is 6.54 Å². The number of likely N-dealkylation sites (N-methyl/N-ethyl adjacent to an activating group) is 1. The molecule has 2 heteroatoms. The quantitative estimate of drug-likeness (QED) is 0.489. The summed E-state index contributed by atoms with van der Waals surface area (Å²) >= 11 is 0. The highest BCUT2D eigenvalue weighted by Gasteiger charge is 2.39. The molecule has 2 heterocycles. The molecule has 2 aromatic carbocycles. The van der Waals surface area contributed by atoms with Gasteiger partial charge < -0.3 is 4.90 Å². The van der Waals surface area contributed by atoms with Crippen molar-refractivity contribution in [2.24, 2.45) is 0 Å². The third-order valence-electron chi connectivity index (χ3n) is 6.19. The number of hydrogen-bond acceptors (Lipinski definition) is 1. The van der Waals surface area contributed by atoms with Crippen LogP contribution in [0.25, 0.3) is 17.0 Å². The van der Waals surface area contributed by atoms with Gasteiger partial charge in [-0.2, -0.15) is 4.57 Å². The number of nitrogens with zero attached hydrogens (tertiary/aromatic N) is 2. The average molecular weight is 384 g/mol. The van der Waals surface area contributed by atoms with E-state index in [0.717, 1.165) is 13.1 Å². The lowest BCUT2D eigenvalue weighted by Crippen LogP contribution is -2.32. The molecular formula is C27H31N2+. The van der Waals surface area contributed by atoms with E-state index >= 15 is 0 Å². The number of pyridine rings is 1. The maximum Gasteiger partial charge on any atom is 0.213 e. The Morgan fingerprint density at radius 2 is 1.83 bits per heavy atom. The summed E-state index contributed by atoms with van der Waals surface area (Å²) in [6.45, 7) is 13.2. The minimum Gasteiger partial charge on any atom is -0.344 e. The van der Waals surface area contributed by atoms with Crippen LogP contribution in [0, 0.1) is 6.92 Å². The van der Waals surface area contributed by atoms with E-state index in [0.29, 0.717) is 0 Å². The molecule has 148 valence electrons. The van der Waals surface area contributed by atoms with Crippen molar-refractivity contribution >= 4 is 22.7 Å². The summed E-state index contributed by atoms with van der Waals surface area (Å²) in [5.74, 6) is 0. The zero-order valence-electron chi connectivity index (χ0n) is 18.2. The summed E-state index contributed by atoms with van der Waals surface area (Å²) in [5.41, 5.74) is 8.00. The predicted molar refractivity (Wildman–Crippen MR) is 124 cm³/mol. The Morgan fingerprint density at radius 1 is 1.03 bits per heavy atom. The highest BCUT2D eigenvalue weighted by molar-refractivity contribution is 5.85. The van der Waals surface area contributed by atoms with Crippen molar-refractivity contribution in [3.05, 3.63) is 89.3 Å². The number of allylic oxidation sites excluding steroid dienone is 3. The zero-order chi connectivity index (χ0) is 20.6. The fourth-order valence-corrected chi connectivity index (χ4v) is 4.60. The Balaban J connectivity index is 1.74. The van der Waals surface area contributed by atoms with Crippen molar-refractivity contribution in [2.75, 3.05) is 11.4 Å². The van der Waals surface area contributed by atoms with Gasteiger partial charge in [0.05, 0.1) is 5.39 Å². The predicted octanol–water partition coefficient (Wildman–Crippen LogP) is 6.17. The molecule has 0 N–H and O–H groups in total. The average Bonchev–Trinajstić information content (AvgIpc) is 2.94. The van der Waals surface area contributed by atoms with Gasteiger partial charge >= 0.3 is 0 Å². The summed E-state index contributed by atoms with van der Waals surface area (Å²) in [7, 11) is 0. The standard InChI is InChI=1S/C27H31N2/c1-6-28-18-17-21(22-12-8-9-13-24(22)28)11-10-14-26-27(4,5)23-19-20(3)15-16-25(23)29(26)7-2/h8-19H,6-7H2,1-5H3/q+1. The highest BCUT2D eigenvalue weighted by Crippen LogP contribution is 2.47. The molecule has 0 fully saturated rings. The number of anilines is 1. The van der Waals surface area contributed by atoms with E-state index < -0.39 is 0 Å². The second-order valence-corrected chi connectivity index (χ2v) is 8.38. The van der Waals surface area contributed by atoms with Crippen LogP contribution < -0.4 is 9.47 Å². The minimum absolute atomic E-state index is 0.00565. The van der Waals surface area contributed by atoms with Gasteiger partial charge in [0, 0.05) is 35.5 Å². The number of rotatable bonds is 4. The second kappa shape index (κ2) is 7.51. The normalized spacial score (nSPS) is 16.9. The summed E-state index contributed by atoms with van der Waals surface area (Å²) in [6, 6.07) is 17.7. The van der Waals surface area contributed by atoms with Crippen LogP contribution in [0.3, 0.4) is 0 Å². The van der Waals surface area contributed by atoms with Gasteiger partial charge in [-0.15, -0.1) is 0 Å². The lowest BCUT2D eigenvalue weighted by atomic mass is 9.83. The molecule has 0 unspecified atom stereocenters. The number of benzene rings is 2. The molecule has 0 bridgehead atoms. The summed E-state index contributed by atoms with van der Waals surface area (Å²) in [6.07, 6.45) is 8.95. The number of para-hydroxylation sites is 1. The Bertz CT molecular complexity index is 1120. The van der Waals surface area contributed by atoms with Gasteiger partial charge in [-0.05, 0) is 50.1 Å². The van der Waals surface area contributed by atoms with E-state index in [1.807, 2.05) is 0 Å². The van der Waals surface area contributed by atoms with Crippen LogP contribution in [0.2, 0.25) is 0 Å². The molecule has 1 aliphatic rings. The molecule has 0 saturated carbocycles. The Labute approximate surface area is 174 Å². The summed E-state index contributed by atoms with van der Waals surface area (Å²) in [4.78, 5) is 2.45. The third kappa shape index (κ3) is 3.27. The van der Waals surface area contributed by atoms with Gasteiger partial charge in [-0.1, -0.05) is 55.8 Å². The molecule has 2 nitrogen and oxygen atoms in total. The number of aryl methyl sites for hydroxylation is 2. The Kier molecular flexibility index (Phi) is 5.04. The topological polar surface area (TPSA) is 7.12 Å². The molecule has 0 saturated heterocycles. The first kappa shape index (κ1) is 19.4. The molecule has 1 aromatic heterocycles. The van der Waals surface area contributed by atoms with Crippen LogP contribution in [0.15, 0.2) is 72.6 Å². The van der Waals surface area contributed by atoms with Crippen molar-refractivity contribution in [1.29, 1.82) is 0 Å². The van der Waals surface area contributed by atoms with Gasteiger partial charge in [0.15, 0.2) is 6.20 Å². The summed E-state index contributed by atoms with van der Waals surface area (Å²) < 4.78 is 2.29. The van der Waals surface area contributed by atoms with Crippen LogP contribution in [-0.4, -0.2) is 6.54 Å². The Hall–Kier alpha value is -2.87. The first-order chi connectivity index (χ1) is 14.0. The van der Waals surface area contributed by atoms with E-state index in [1.165, 1.54) is 39.0 Å². The molecule has 0 amide bonds. The number of hydrogen-bond donors (Lipinski definition) is 0. The molecule has 4 rings (SSSR count). The fourth-order valence-electron chi connectivity index (χ4n) is 4.60. The SMILES string of the molecule is CCN1/C(=C\C=C\c2cc[n+](CC)c3ccccc23)C(C)(C)c2cc(C)ccc21. The maximum atomic E-state index is 2.45. The van der Waals surface area contributed by atoms with Crippen LogP contribution in [-0.2, 0) is 12.0 Å². The zero-order valence-corrected chi connectivity index (χ0v) is 18.2. The van der Waals surface area contributed by atoms with Crippen LogP contribution in [0.4, 0.5) is 5.69 Å². The first-order valence-corrected chi connectivity index (χ1v) is 10.7. The minimum atomic E-state index is 0.00565.